The van der Waals surface area contributed by atoms with Gasteiger partial charge in [-0.1, -0.05) is 23.7 Å². The minimum absolute atomic E-state index is 0.408. The maximum Gasteiger partial charge on any atom is 0.340 e. The molecule has 23 heavy (non-hydrogen) atoms. The van der Waals surface area contributed by atoms with E-state index >= 15 is 0 Å². The van der Waals surface area contributed by atoms with Gasteiger partial charge < -0.3 is 9.72 Å². The molecule has 2 aromatic carbocycles. The maximum atomic E-state index is 12.0. The fourth-order valence-corrected chi connectivity index (χ4v) is 3.21. The number of fused-ring (bicyclic) bond motifs is 1. The van der Waals surface area contributed by atoms with E-state index in [4.69, 9.17) is 16.3 Å². The molecule has 116 valence electrons. The molecule has 0 aliphatic heterocycles. The van der Waals surface area contributed by atoms with Gasteiger partial charge in [0.2, 0.25) is 0 Å². The van der Waals surface area contributed by atoms with E-state index in [9.17, 15) is 4.79 Å². The van der Waals surface area contributed by atoms with Crippen LogP contribution in [0.4, 0.5) is 0 Å². The van der Waals surface area contributed by atoms with Crippen molar-refractivity contribution in [3.63, 3.8) is 0 Å². The number of rotatable bonds is 3. The molecule has 1 aliphatic carbocycles. The molecule has 0 atom stereocenters. The second-order valence-electron chi connectivity index (χ2n) is 5.83. The molecule has 1 aliphatic rings. The highest BCUT2D eigenvalue weighted by molar-refractivity contribution is 6.33. The lowest BCUT2D eigenvalue weighted by Crippen LogP contribution is -2.02. The van der Waals surface area contributed by atoms with Crippen molar-refractivity contribution in [2.24, 2.45) is 0 Å². The number of carbonyl (C=O) groups is 1. The number of esters is 1. The fourth-order valence-electron chi connectivity index (χ4n) is 2.91. The normalized spacial score (nSPS) is 14.2. The highest BCUT2D eigenvalue weighted by Crippen LogP contribution is 2.42. The van der Waals surface area contributed by atoms with Crippen molar-refractivity contribution in [3.8, 4) is 11.1 Å². The first kappa shape index (κ1) is 14.3. The molecule has 5 heteroatoms. The minimum atomic E-state index is -0.408. The molecule has 0 amide bonds. The van der Waals surface area contributed by atoms with Crippen LogP contribution in [0.1, 0.15) is 34.7 Å². The molecule has 0 bridgehead atoms. The average Bonchev–Trinajstić information content (AvgIpc) is 3.31. The molecule has 1 saturated carbocycles. The standard InChI is InChI=1S/C18H15ClN2O2/c1-23-18(22)14-6-12(8-16-17(14)21-9-20-16)13-5-4-11(7-15(13)19)10-2-3-10/h4-10H,2-3H2,1H3,(H,20,21). The number of ether oxygens (including phenoxy) is 1. The number of methoxy groups -OCH3 is 1. The molecule has 3 aromatic rings. The van der Waals surface area contributed by atoms with Crippen molar-refractivity contribution in [2.75, 3.05) is 7.11 Å². The van der Waals surface area contributed by atoms with E-state index in [2.05, 4.69) is 16.0 Å². The highest BCUT2D eigenvalue weighted by Gasteiger charge is 2.24. The molecular weight excluding hydrogens is 312 g/mol. The Balaban J connectivity index is 1.86. The molecule has 0 unspecified atom stereocenters. The molecule has 1 fully saturated rings. The van der Waals surface area contributed by atoms with Gasteiger partial charge in [-0.15, -0.1) is 0 Å². The Morgan fingerprint density at radius 2 is 2.13 bits per heavy atom. The first-order valence-electron chi connectivity index (χ1n) is 7.52. The van der Waals surface area contributed by atoms with E-state index in [1.54, 1.807) is 12.4 Å². The third-order valence-electron chi connectivity index (χ3n) is 4.28. The summed E-state index contributed by atoms with van der Waals surface area (Å²) in [6.45, 7) is 0. The Kier molecular flexibility index (Phi) is 3.34. The van der Waals surface area contributed by atoms with E-state index in [1.807, 2.05) is 18.2 Å². The van der Waals surface area contributed by atoms with Gasteiger partial charge in [0.1, 0.15) is 5.52 Å². The Hall–Kier alpha value is -2.33. The van der Waals surface area contributed by atoms with Crippen molar-refractivity contribution in [2.45, 2.75) is 18.8 Å². The zero-order valence-electron chi connectivity index (χ0n) is 12.6. The largest absolute Gasteiger partial charge is 0.465 e. The highest BCUT2D eigenvalue weighted by atomic mass is 35.5. The van der Waals surface area contributed by atoms with Crippen molar-refractivity contribution in [3.05, 3.63) is 52.8 Å². The second kappa shape index (κ2) is 5.39. The smallest absolute Gasteiger partial charge is 0.340 e. The number of hydrogen-bond acceptors (Lipinski definition) is 3. The lowest BCUT2D eigenvalue weighted by Gasteiger charge is -2.09. The van der Waals surface area contributed by atoms with Gasteiger partial charge >= 0.3 is 5.97 Å². The van der Waals surface area contributed by atoms with Gasteiger partial charge in [-0.3, -0.25) is 0 Å². The molecule has 0 saturated heterocycles. The Morgan fingerprint density at radius 1 is 1.30 bits per heavy atom. The molecule has 1 aromatic heterocycles. The molecular formula is C18H15ClN2O2. The average molecular weight is 327 g/mol. The Labute approximate surface area is 138 Å². The topological polar surface area (TPSA) is 55.0 Å². The van der Waals surface area contributed by atoms with Crippen LogP contribution in [-0.4, -0.2) is 23.0 Å². The summed E-state index contributed by atoms with van der Waals surface area (Å²) < 4.78 is 4.87. The van der Waals surface area contributed by atoms with Crippen LogP contribution in [-0.2, 0) is 4.74 Å². The molecule has 4 nitrogen and oxygen atoms in total. The quantitative estimate of drug-likeness (QED) is 0.718. The monoisotopic (exact) mass is 326 g/mol. The van der Waals surface area contributed by atoms with Crippen LogP contribution < -0.4 is 0 Å². The first-order valence-corrected chi connectivity index (χ1v) is 7.90. The molecule has 0 spiro atoms. The number of H-pyrrole nitrogens is 1. The summed E-state index contributed by atoms with van der Waals surface area (Å²) in [5.41, 5.74) is 4.88. The molecule has 1 N–H and O–H groups in total. The molecule has 4 rings (SSSR count). The third-order valence-corrected chi connectivity index (χ3v) is 4.59. The van der Waals surface area contributed by atoms with Gasteiger partial charge in [-0.25, -0.2) is 9.78 Å². The summed E-state index contributed by atoms with van der Waals surface area (Å²) in [6, 6.07) is 9.91. The number of aromatic nitrogens is 2. The summed E-state index contributed by atoms with van der Waals surface area (Å²) in [5.74, 6) is 0.247. The zero-order chi connectivity index (χ0) is 16.0. The number of halogens is 1. The van der Waals surface area contributed by atoms with Gasteiger partial charge in [0, 0.05) is 10.6 Å². The van der Waals surface area contributed by atoms with Crippen molar-refractivity contribution >= 4 is 28.6 Å². The maximum absolute atomic E-state index is 12.0. The van der Waals surface area contributed by atoms with Gasteiger partial charge in [0.05, 0.1) is 24.5 Å². The third kappa shape index (κ3) is 2.49. The van der Waals surface area contributed by atoms with E-state index in [1.165, 1.54) is 25.5 Å². The summed E-state index contributed by atoms with van der Waals surface area (Å²) in [7, 11) is 1.37. The summed E-state index contributed by atoms with van der Waals surface area (Å²) >= 11 is 6.48. The van der Waals surface area contributed by atoms with Crippen LogP contribution in [0.25, 0.3) is 22.2 Å². The SMILES string of the molecule is COC(=O)c1cc(-c2ccc(C3CC3)cc2Cl)cc2[nH]cnc12. The molecule has 0 radical (unpaired) electrons. The van der Waals surface area contributed by atoms with Crippen LogP contribution in [0.5, 0.6) is 0 Å². The van der Waals surface area contributed by atoms with E-state index in [0.29, 0.717) is 22.0 Å². The minimum Gasteiger partial charge on any atom is -0.465 e. The van der Waals surface area contributed by atoms with Crippen LogP contribution >= 0.6 is 11.6 Å². The first-order chi connectivity index (χ1) is 11.2. The number of imidazole rings is 1. The number of benzene rings is 2. The number of aromatic amines is 1. The second-order valence-corrected chi connectivity index (χ2v) is 6.23. The van der Waals surface area contributed by atoms with Crippen molar-refractivity contribution < 1.29 is 9.53 Å². The zero-order valence-corrected chi connectivity index (χ0v) is 13.4. The van der Waals surface area contributed by atoms with Gasteiger partial charge in [0.25, 0.3) is 0 Å². The lowest BCUT2D eigenvalue weighted by atomic mass is 9.99. The van der Waals surface area contributed by atoms with Gasteiger partial charge in [0.15, 0.2) is 0 Å². The number of nitrogens with one attached hydrogen (secondary N) is 1. The summed E-state index contributed by atoms with van der Waals surface area (Å²) in [4.78, 5) is 19.3. The number of hydrogen-bond donors (Lipinski definition) is 1. The summed E-state index contributed by atoms with van der Waals surface area (Å²) in [5, 5.41) is 0.698. The van der Waals surface area contributed by atoms with Gasteiger partial charge in [-0.05, 0) is 48.1 Å². The Bertz CT molecular complexity index is 913. The van der Waals surface area contributed by atoms with Crippen molar-refractivity contribution in [1.29, 1.82) is 0 Å². The van der Waals surface area contributed by atoms with E-state index < -0.39 is 5.97 Å². The van der Waals surface area contributed by atoms with Crippen molar-refractivity contribution in [1.82, 2.24) is 9.97 Å². The fraction of sp³-hybridized carbons (Fsp3) is 0.222. The van der Waals surface area contributed by atoms with Crippen LogP contribution in [0.2, 0.25) is 5.02 Å². The predicted molar refractivity (Wildman–Crippen MR) is 89.9 cm³/mol. The Morgan fingerprint density at radius 3 is 2.83 bits per heavy atom. The number of nitrogens with zero attached hydrogens (tertiary/aromatic N) is 1. The van der Waals surface area contributed by atoms with Crippen LogP contribution in [0.3, 0.4) is 0 Å². The van der Waals surface area contributed by atoms with E-state index in [0.717, 1.165) is 16.6 Å². The van der Waals surface area contributed by atoms with Crippen LogP contribution in [0, 0.1) is 0 Å². The number of carbonyl (C=O) groups excluding carboxylic acids is 1. The van der Waals surface area contributed by atoms with E-state index in [-0.39, 0.29) is 0 Å². The van der Waals surface area contributed by atoms with Gasteiger partial charge in [-0.2, -0.15) is 0 Å². The predicted octanol–water partition coefficient (Wildman–Crippen LogP) is 4.55. The molecule has 1 heterocycles. The summed E-state index contributed by atoms with van der Waals surface area (Å²) in [6.07, 6.45) is 4.04. The lowest BCUT2D eigenvalue weighted by molar-refractivity contribution is 0.0603. The van der Waals surface area contributed by atoms with Crippen LogP contribution in [0.15, 0.2) is 36.7 Å².